The van der Waals surface area contributed by atoms with Gasteiger partial charge in [0.15, 0.2) is 16.9 Å². The second-order valence-electron chi connectivity index (χ2n) is 16.7. The number of carboxylic acids is 1. The Bertz CT molecular complexity index is 2570. The molecular formula is C51H46IN5O7S2. The van der Waals surface area contributed by atoms with Crippen molar-refractivity contribution in [2.24, 2.45) is 10.6 Å². The lowest BCUT2D eigenvalue weighted by Crippen LogP contribution is -2.74. The van der Waals surface area contributed by atoms with Gasteiger partial charge in [-0.25, -0.2) is 9.78 Å². The van der Waals surface area contributed by atoms with Crippen molar-refractivity contribution in [1.82, 2.24) is 15.2 Å². The van der Waals surface area contributed by atoms with Crippen LogP contribution in [0, 0.1) is 5.41 Å². The average molecular weight is 1030 g/mol. The summed E-state index contributed by atoms with van der Waals surface area (Å²) in [5.41, 5.74) is 0.818. The molecule has 1 saturated carbocycles. The Kier molecular flexibility index (Phi) is 13.3. The van der Waals surface area contributed by atoms with Crippen LogP contribution in [0.2, 0.25) is 0 Å². The number of carboxylic acid groups (broad SMARTS) is 1. The maximum atomic E-state index is 14.7. The minimum Gasteiger partial charge on any atom is -0.481 e. The van der Waals surface area contributed by atoms with Crippen molar-refractivity contribution in [3.05, 3.63) is 191 Å². The number of esters is 1. The van der Waals surface area contributed by atoms with Crippen LogP contribution < -0.4 is 10.6 Å². The van der Waals surface area contributed by atoms with E-state index in [1.54, 1.807) is 5.38 Å². The van der Waals surface area contributed by atoms with Crippen molar-refractivity contribution in [2.45, 2.75) is 54.3 Å². The van der Waals surface area contributed by atoms with Crippen molar-refractivity contribution >= 4 is 80.3 Å². The SMILES string of the molecule is O=C(NC1C(=O)N2CC(CI)(C(=O)O)CS[C@H]12)C(=NOC1(C(=O)OC(c2ccccc2)c2ccccc2)CCCC1)c1csc(NC(c2ccccc2)(c2ccccc2)c2ccccc2)n1. The number of thioether (sulfide) groups is 1. The highest BCUT2D eigenvalue weighted by Gasteiger charge is 2.57. The molecule has 6 aromatic rings. The summed E-state index contributed by atoms with van der Waals surface area (Å²) in [7, 11) is 0. The van der Waals surface area contributed by atoms with Crippen molar-refractivity contribution in [3.63, 3.8) is 0 Å². The van der Waals surface area contributed by atoms with Crippen LogP contribution >= 0.6 is 45.7 Å². The van der Waals surface area contributed by atoms with E-state index in [2.05, 4.69) is 52.2 Å². The second-order valence-corrected chi connectivity index (χ2v) is 19.4. The maximum absolute atomic E-state index is 14.7. The molecule has 0 radical (unpaired) electrons. The van der Waals surface area contributed by atoms with E-state index < -0.39 is 51.9 Å². The maximum Gasteiger partial charge on any atom is 0.354 e. The molecule has 3 heterocycles. The molecule has 0 bridgehead atoms. The van der Waals surface area contributed by atoms with Gasteiger partial charge in [0.2, 0.25) is 11.5 Å². The van der Waals surface area contributed by atoms with Gasteiger partial charge in [-0.2, -0.15) is 0 Å². The van der Waals surface area contributed by atoms with E-state index in [-0.39, 0.29) is 29.6 Å². The van der Waals surface area contributed by atoms with Crippen LogP contribution in [0.3, 0.4) is 0 Å². The summed E-state index contributed by atoms with van der Waals surface area (Å²) in [6, 6.07) is 48.2. The number of hydrogen-bond donors (Lipinski definition) is 3. The Hall–Kier alpha value is -6.04. The summed E-state index contributed by atoms with van der Waals surface area (Å²) in [5.74, 6) is -2.42. The Morgan fingerprint density at radius 2 is 1.33 bits per heavy atom. The van der Waals surface area contributed by atoms with Gasteiger partial charge in [0.05, 0.1) is 0 Å². The molecule has 2 unspecified atom stereocenters. The molecule has 1 aliphatic carbocycles. The molecule has 3 N–H and O–H groups in total. The molecule has 1 aromatic heterocycles. The van der Waals surface area contributed by atoms with Gasteiger partial charge in [-0.1, -0.05) is 179 Å². The lowest BCUT2D eigenvalue weighted by atomic mass is 9.77. The number of carbonyl (C=O) groups excluding carboxylic acids is 3. The predicted octanol–water partition coefficient (Wildman–Crippen LogP) is 8.82. The highest BCUT2D eigenvalue weighted by atomic mass is 127. The number of oxime groups is 1. The molecule has 336 valence electrons. The average Bonchev–Trinajstić information content (AvgIpc) is 4.06. The van der Waals surface area contributed by atoms with E-state index in [1.165, 1.54) is 28.0 Å². The predicted molar refractivity (Wildman–Crippen MR) is 263 cm³/mol. The third-order valence-corrected chi connectivity index (χ3v) is 16.3. The third kappa shape index (κ3) is 8.71. The van der Waals surface area contributed by atoms with Gasteiger partial charge in [-0.15, -0.1) is 23.1 Å². The van der Waals surface area contributed by atoms with Crippen LogP contribution in [0.4, 0.5) is 5.13 Å². The van der Waals surface area contributed by atoms with Crippen LogP contribution in [-0.2, 0) is 34.3 Å². The minimum absolute atomic E-state index is 0.0445. The Morgan fingerprint density at radius 1 is 0.818 bits per heavy atom. The summed E-state index contributed by atoms with van der Waals surface area (Å²) in [6.45, 7) is 0.0445. The summed E-state index contributed by atoms with van der Waals surface area (Å²) in [6.07, 6.45) is 1.20. The standard InChI is InChI=1S/C51H46IN5O7S2/c52-31-49(46(60)61)32-57-44(59)41(45(57)66-33-49)54-43(58)40(56-64-50(28-16-17-29-50)47(62)63-42(34-18-6-1-7-19-34)35-20-8-2-9-21-35)39-30-65-48(53-39)55-51(36-22-10-3-11-23-36,37-24-12-4-13-25-37)38-26-14-5-15-27-38/h1-15,18-27,30,41-42,45H,16-17,28-29,31-33H2,(H,53,55)(H,54,58)(H,60,61)/t41?,45-,49?/m1/s1. The Labute approximate surface area is 404 Å². The number of hydrogen-bond acceptors (Lipinski definition) is 11. The van der Waals surface area contributed by atoms with Crippen LogP contribution in [0.15, 0.2) is 162 Å². The van der Waals surface area contributed by atoms with Crippen LogP contribution in [0.5, 0.6) is 0 Å². The van der Waals surface area contributed by atoms with Gasteiger partial charge >= 0.3 is 11.9 Å². The molecule has 66 heavy (non-hydrogen) atoms. The first-order valence-electron chi connectivity index (χ1n) is 21.7. The fourth-order valence-corrected chi connectivity index (χ4v) is 12.4. The Morgan fingerprint density at radius 3 is 1.83 bits per heavy atom. The van der Waals surface area contributed by atoms with Gasteiger partial charge in [0, 0.05) is 34.9 Å². The number of amides is 2. The molecule has 5 aromatic carbocycles. The minimum atomic E-state index is -1.52. The van der Waals surface area contributed by atoms with Gasteiger partial charge in [-0.3, -0.25) is 14.4 Å². The fraction of sp³-hybridized carbons (Fsp3) is 0.255. The van der Waals surface area contributed by atoms with E-state index in [1.807, 2.05) is 138 Å². The molecule has 3 aliphatic rings. The van der Waals surface area contributed by atoms with Crippen molar-refractivity contribution in [2.75, 3.05) is 22.0 Å². The first kappa shape index (κ1) is 45.1. The number of rotatable bonds is 16. The number of nitrogens with zero attached hydrogens (tertiary/aromatic N) is 3. The smallest absolute Gasteiger partial charge is 0.354 e. The number of halogens is 1. The number of ether oxygens (including phenoxy) is 1. The molecule has 2 saturated heterocycles. The molecule has 0 spiro atoms. The number of benzene rings is 5. The lowest BCUT2D eigenvalue weighted by molar-refractivity contribution is -0.176. The van der Waals surface area contributed by atoms with Crippen molar-refractivity contribution < 1.29 is 33.9 Å². The lowest BCUT2D eigenvalue weighted by Gasteiger charge is -2.53. The third-order valence-electron chi connectivity index (χ3n) is 12.5. The number of aliphatic carboxylic acids is 1. The molecule has 12 nitrogen and oxygen atoms in total. The molecule has 3 fully saturated rings. The zero-order valence-electron chi connectivity index (χ0n) is 35.6. The first-order valence-corrected chi connectivity index (χ1v) is 25.1. The van der Waals surface area contributed by atoms with E-state index in [0.717, 1.165) is 27.8 Å². The van der Waals surface area contributed by atoms with Crippen LogP contribution in [0.25, 0.3) is 0 Å². The highest BCUT2D eigenvalue weighted by Crippen LogP contribution is 2.44. The van der Waals surface area contributed by atoms with Crippen LogP contribution in [0.1, 0.15) is 65.3 Å². The van der Waals surface area contributed by atoms with E-state index >= 15 is 0 Å². The topological polar surface area (TPSA) is 160 Å². The second kappa shape index (κ2) is 19.4. The summed E-state index contributed by atoms with van der Waals surface area (Å²) >= 11 is 4.65. The van der Waals surface area contributed by atoms with Crippen molar-refractivity contribution in [1.29, 1.82) is 0 Å². The number of carbonyl (C=O) groups is 4. The number of anilines is 1. The molecule has 9 rings (SSSR count). The fourth-order valence-electron chi connectivity index (χ4n) is 8.90. The Balaban J connectivity index is 1.07. The van der Waals surface area contributed by atoms with Gasteiger partial charge in [0.1, 0.15) is 28.1 Å². The summed E-state index contributed by atoms with van der Waals surface area (Å²) in [4.78, 5) is 68.0. The zero-order chi connectivity index (χ0) is 45.7. The highest BCUT2D eigenvalue weighted by molar-refractivity contribution is 14.1. The molecule has 15 heteroatoms. The van der Waals surface area contributed by atoms with E-state index in [4.69, 9.17) is 14.6 Å². The van der Waals surface area contributed by atoms with Gasteiger partial charge in [-0.05, 0) is 40.7 Å². The monoisotopic (exact) mass is 1030 g/mol. The quantitative estimate of drug-likeness (QED) is 0.0163. The van der Waals surface area contributed by atoms with Crippen LogP contribution in [-0.4, -0.2) is 78.2 Å². The summed E-state index contributed by atoms with van der Waals surface area (Å²) in [5, 5.41) is 22.9. The summed E-state index contributed by atoms with van der Waals surface area (Å²) < 4.78 is 6.68. The zero-order valence-corrected chi connectivity index (χ0v) is 39.4. The molecule has 3 atom stereocenters. The molecule has 2 aliphatic heterocycles. The van der Waals surface area contributed by atoms with Gasteiger partial charge in [0.25, 0.3) is 5.91 Å². The number of β-lactam (4-membered cyclic amide) rings is 1. The molecular weight excluding hydrogens is 986 g/mol. The number of aromatic nitrogens is 1. The number of nitrogens with one attached hydrogen (secondary N) is 2. The van der Waals surface area contributed by atoms with Gasteiger partial charge < -0.3 is 30.2 Å². The van der Waals surface area contributed by atoms with Crippen molar-refractivity contribution in [3.8, 4) is 0 Å². The largest absolute Gasteiger partial charge is 0.481 e. The molecule has 2 amide bonds. The number of alkyl halides is 1. The van der Waals surface area contributed by atoms with E-state index in [9.17, 15) is 24.3 Å². The number of thiazole rings is 1. The normalized spacial score (nSPS) is 20.2. The number of fused-ring (bicyclic) bond motifs is 1. The van der Waals surface area contributed by atoms with E-state index in [0.29, 0.717) is 35.2 Å². The first-order chi connectivity index (χ1) is 32.2.